The number of rotatable bonds is 36. The lowest BCUT2D eigenvalue weighted by Crippen LogP contribution is -2.65. The zero-order valence-electron chi connectivity index (χ0n) is 34.7. The Morgan fingerprint density at radius 2 is 0.885 bits per heavy atom. The first-order valence-corrected chi connectivity index (χ1v) is 26.9. The summed E-state index contributed by atoms with van der Waals surface area (Å²) in [5.41, 5.74) is 5.49. The second-order valence-corrected chi connectivity index (χ2v) is 19.9. The van der Waals surface area contributed by atoms with Crippen LogP contribution in [0.15, 0.2) is 0 Å². The Kier molecular flexibility index (Phi) is 29.1. The summed E-state index contributed by atoms with van der Waals surface area (Å²) < 4.78 is 81.5. The van der Waals surface area contributed by atoms with E-state index in [2.05, 4.69) is 20.5 Å². The van der Waals surface area contributed by atoms with Crippen LogP contribution < -0.4 is 5.73 Å². The van der Waals surface area contributed by atoms with Crippen LogP contribution in [-0.2, 0) is 59.9 Å². The number of carbonyl (C=O) groups is 2. The van der Waals surface area contributed by atoms with Gasteiger partial charge in [-0.1, -0.05) is 110 Å². The maximum atomic E-state index is 13.2. The predicted molar refractivity (Wildman–Crippen MR) is 216 cm³/mol. The first-order valence-electron chi connectivity index (χ1n) is 20.8. The van der Waals surface area contributed by atoms with Gasteiger partial charge in [-0.25, -0.2) is 18.3 Å². The van der Waals surface area contributed by atoms with E-state index in [9.17, 15) is 72.3 Å². The van der Waals surface area contributed by atoms with E-state index in [1.165, 1.54) is 44.9 Å². The van der Waals surface area contributed by atoms with E-state index in [4.69, 9.17) is 24.3 Å². The first-order chi connectivity index (χ1) is 28.5. The molecular weight excluding hydrogens is 898 g/mol. The number of nitrogens with two attached hydrogens (primary N) is 1. The van der Waals surface area contributed by atoms with Gasteiger partial charge in [0.2, 0.25) is 0 Å². The lowest BCUT2D eigenvalue weighted by molar-refractivity contribution is -0.209. The summed E-state index contributed by atoms with van der Waals surface area (Å²) in [6, 6.07) is 0. The number of ether oxygens (including phenoxy) is 2. The molecule has 0 aromatic carbocycles. The number of aliphatic hydroxyl groups is 2. The Balaban J connectivity index is 2.98. The highest BCUT2D eigenvalue weighted by molar-refractivity contribution is 7.47. The van der Waals surface area contributed by atoms with Gasteiger partial charge in [0.25, 0.3) is 0 Å². The van der Waals surface area contributed by atoms with E-state index in [-0.39, 0.29) is 12.8 Å². The average molecular weight is 968 g/mol. The molecule has 0 aromatic rings. The van der Waals surface area contributed by atoms with Crippen molar-refractivity contribution in [1.29, 1.82) is 0 Å². The Labute approximate surface area is 357 Å². The fraction of sp³-hybridized carbons (Fsp3) is 0.941. The quantitative estimate of drug-likeness (QED) is 0.0238. The molecule has 27 heteroatoms. The van der Waals surface area contributed by atoms with E-state index in [0.717, 1.165) is 64.2 Å². The zero-order valence-corrected chi connectivity index (χ0v) is 38.3. The van der Waals surface area contributed by atoms with Gasteiger partial charge in [0.1, 0.15) is 43.2 Å². The third-order valence-corrected chi connectivity index (χ3v) is 12.0. The summed E-state index contributed by atoms with van der Waals surface area (Å²) in [6.45, 7) is 1.11. The highest BCUT2D eigenvalue weighted by Crippen LogP contribution is 2.53. The Morgan fingerprint density at radius 3 is 1.30 bits per heavy atom. The molecule has 0 bridgehead atoms. The molecule has 0 aromatic heterocycles. The molecule has 0 radical (unpaired) electrons. The number of aliphatic hydroxyl groups excluding tert-OH is 2. The van der Waals surface area contributed by atoms with Crippen molar-refractivity contribution in [2.45, 2.75) is 184 Å². The van der Waals surface area contributed by atoms with Crippen molar-refractivity contribution in [2.24, 2.45) is 5.73 Å². The van der Waals surface area contributed by atoms with Crippen LogP contribution in [0.2, 0.25) is 0 Å². The maximum Gasteiger partial charge on any atom is 0.472 e. The third-order valence-electron chi connectivity index (χ3n) is 9.50. The van der Waals surface area contributed by atoms with Gasteiger partial charge >= 0.3 is 43.2 Å². The molecule has 1 fully saturated rings. The van der Waals surface area contributed by atoms with Gasteiger partial charge in [-0.15, -0.1) is 0 Å². The summed E-state index contributed by atoms with van der Waals surface area (Å²) in [7, 11) is -23.0. The van der Waals surface area contributed by atoms with E-state index in [1.54, 1.807) is 0 Å². The minimum Gasteiger partial charge on any atom is -0.462 e. The minimum atomic E-state index is -5.78. The topological polar surface area (TPSA) is 375 Å². The van der Waals surface area contributed by atoms with Crippen molar-refractivity contribution in [2.75, 3.05) is 19.8 Å². The van der Waals surface area contributed by atoms with Gasteiger partial charge in [0, 0.05) is 12.8 Å². The molecule has 1 rings (SSSR count). The normalized spacial score (nSPS) is 22.7. The Bertz CT molecular complexity index is 1390. The molecule has 1 aliphatic carbocycles. The van der Waals surface area contributed by atoms with Crippen molar-refractivity contribution >= 4 is 43.2 Å². The molecule has 1 saturated carbocycles. The number of phosphoric ester groups is 4. The fourth-order valence-electron chi connectivity index (χ4n) is 6.51. The summed E-state index contributed by atoms with van der Waals surface area (Å²) in [5.74, 6) is -1.43. The monoisotopic (exact) mass is 967 g/mol. The SMILES string of the molecule is CCCCCCCCCCCCCCCC(=O)O[C@H](COC(=O)CCCCCCCCN)COP(=O)(O)OC1C(O)[C@H](OP(=O)(O)O)C(OP(=O)(O)O)[C@H](OP(=O)(O)O)[C@@H]1O. The van der Waals surface area contributed by atoms with Crippen molar-refractivity contribution in [1.82, 2.24) is 0 Å². The number of unbranched alkanes of at least 4 members (excludes halogenated alkanes) is 17. The number of hydrogen-bond acceptors (Lipinski definition) is 16. The Hall–Kier alpha value is -0.740. The second kappa shape index (κ2) is 30.5. The molecule has 0 saturated heterocycles. The van der Waals surface area contributed by atoms with Crippen LogP contribution >= 0.6 is 31.3 Å². The molecule has 23 nitrogen and oxygen atoms in total. The van der Waals surface area contributed by atoms with Gasteiger partial charge < -0.3 is 59.7 Å². The van der Waals surface area contributed by atoms with Crippen LogP contribution in [0.25, 0.3) is 0 Å². The molecular formula is C34H69NO22P4. The molecule has 0 spiro atoms. The van der Waals surface area contributed by atoms with Crippen molar-refractivity contribution < 1.29 is 104 Å². The van der Waals surface area contributed by atoms with Crippen LogP contribution in [0.4, 0.5) is 0 Å². The van der Waals surface area contributed by atoms with Crippen LogP contribution in [0.3, 0.4) is 0 Å². The van der Waals surface area contributed by atoms with Gasteiger partial charge in [0.15, 0.2) is 6.10 Å². The van der Waals surface area contributed by atoms with Crippen LogP contribution in [-0.4, -0.2) is 119 Å². The first kappa shape index (κ1) is 58.3. The van der Waals surface area contributed by atoms with Gasteiger partial charge in [-0.3, -0.25) is 32.2 Å². The maximum absolute atomic E-state index is 13.2. The number of hydrogen-bond donors (Lipinski definition) is 10. The summed E-state index contributed by atoms with van der Waals surface area (Å²) in [5, 5.41) is 21.7. The molecule has 1 aliphatic rings. The third kappa shape index (κ3) is 28.7. The number of esters is 2. The lowest BCUT2D eigenvalue weighted by Gasteiger charge is -2.45. The van der Waals surface area contributed by atoms with E-state index < -0.39 is 99.2 Å². The molecule has 11 N–H and O–H groups in total. The smallest absolute Gasteiger partial charge is 0.462 e. The van der Waals surface area contributed by atoms with Crippen molar-refractivity contribution in [3.63, 3.8) is 0 Å². The Morgan fingerprint density at radius 1 is 0.508 bits per heavy atom. The highest BCUT2D eigenvalue weighted by Gasteiger charge is 2.59. The van der Waals surface area contributed by atoms with E-state index in [1.807, 2.05) is 0 Å². The fourth-order valence-corrected chi connectivity index (χ4v) is 9.16. The minimum absolute atomic E-state index is 0.0128. The molecule has 8 atom stereocenters. The van der Waals surface area contributed by atoms with Gasteiger partial charge in [-0.05, 0) is 25.8 Å². The average Bonchev–Trinajstić information content (AvgIpc) is 3.14. The van der Waals surface area contributed by atoms with E-state index in [0.29, 0.717) is 19.4 Å². The zero-order chi connectivity index (χ0) is 46.1. The molecule has 4 unspecified atom stereocenters. The number of carbonyl (C=O) groups excluding carboxylic acids is 2. The highest BCUT2D eigenvalue weighted by atomic mass is 31.2. The summed E-state index contributed by atoms with van der Waals surface area (Å²) in [6.07, 6.45) is 0.812. The molecule has 362 valence electrons. The lowest BCUT2D eigenvalue weighted by atomic mass is 9.85. The molecule has 0 amide bonds. The molecule has 0 aliphatic heterocycles. The van der Waals surface area contributed by atoms with Gasteiger partial charge in [-0.2, -0.15) is 0 Å². The standard InChI is InChI=1S/C34H69NO22P4/c1-2-3-4-5-6-7-8-9-10-11-12-16-19-22-28(37)53-26(24-51-27(36)21-18-15-13-14-17-20-23-35)25-52-61(49,50)57-31-29(38)32(54-58(40,41)42)34(56-60(46,47)48)33(30(31)39)55-59(43,44)45/h26,29-34,38-39H,2-25,35H2,1H3,(H,49,50)(H2,40,41,42)(H2,43,44,45)(H2,46,47,48)/t26-,29-,30?,31?,32-,33+,34?/m1/s1. The summed E-state index contributed by atoms with van der Waals surface area (Å²) in [4.78, 5) is 92.1. The van der Waals surface area contributed by atoms with Crippen molar-refractivity contribution in [3.8, 4) is 0 Å². The number of phosphoric acid groups is 4. The second-order valence-electron chi connectivity index (χ2n) is 14.9. The van der Waals surface area contributed by atoms with Gasteiger partial charge in [0.05, 0.1) is 6.61 Å². The molecule has 61 heavy (non-hydrogen) atoms. The van der Waals surface area contributed by atoms with Crippen LogP contribution in [0.1, 0.15) is 142 Å². The summed E-state index contributed by atoms with van der Waals surface area (Å²) >= 11 is 0. The van der Waals surface area contributed by atoms with Crippen LogP contribution in [0, 0.1) is 0 Å². The largest absolute Gasteiger partial charge is 0.472 e. The van der Waals surface area contributed by atoms with Crippen LogP contribution in [0.5, 0.6) is 0 Å². The van der Waals surface area contributed by atoms with Crippen molar-refractivity contribution in [3.05, 3.63) is 0 Å². The predicted octanol–water partition coefficient (Wildman–Crippen LogP) is 4.28. The molecule has 0 heterocycles. The van der Waals surface area contributed by atoms with E-state index >= 15 is 0 Å².